The molecule has 68 valence electrons. The Morgan fingerprint density at radius 1 is 1.23 bits per heavy atom. The maximum atomic E-state index is 3.23. The summed E-state index contributed by atoms with van der Waals surface area (Å²) < 4.78 is 0. The third-order valence-corrected chi connectivity index (χ3v) is 1.76. The first-order valence-electron chi connectivity index (χ1n) is 3.86. The van der Waals surface area contributed by atoms with Crippen LogP contribution in [-0.4, -0.2) is 0 Å². The van der Waals surface area contributed by atoms with Gasteiger partial charge < -0.3 is 0 Å². The zero-order chi connectivity index (χ0) is 9.68. The second kappa shape index (κ2) is 6.21. The van der Waals surface area contributed by atoms with Gasteiger partial charge in [-0.3, -0.25) is 0 Å². The second-order valence-corrected chi connectivity index (χ2v) is 14.1. The van der Waals surface area contributed by atoms with Crippen LogP contribution in [0, 0.1) is 6.92 Å². The number of fused-ring (bicyclic) bond motifs is 1. The molecule has 0 amide bonds. The van der Waals surface area contributed by atoms with Crippen LogP contribution >= 0.6 is 24.4 Å². The van der Waals surface area contributed by atoms with E-state index in [1.54, 1.807) is 0 Å². The number of hydrogen-bond donors (Lipinski definition) is 0. The van der Waals surface area contributed by atoms with Crippen LogP contribution in [0.3, 0.4) is 0 Å². The summed E-state index contributed by atoms with van der Waals surface area (Å²) in [6.45, 7) is 2.12. The molecule has 2 rings (SSSR count). The molecule has 2 aromatic rings. The van der Waals surface area contributed by atoms with Gasteiger partial charge in [0.15, 0.2) is 0 Å². The Labute approximate surface area is 102 Å². The number of aryl methyl sites for hydroxylation is 1. The Balaban J connectivity index is 0.000000251. The van der Waals surface area contributed by atoms with Gasteiger partial charge in [-0.25, -0.2) is 0 Å². The summed E-state index contributed by atoms with van der Waals surface area (Å²) >= 11 is 6.32. The molecule has 0 aromatic heterocycles. The number of rotatable bonds is 0. The van der Waals surface area contributed by atoms with E-state index in [9.17, 15) is 0 Å². The zero-order valence-corrected chi connectivity index (χ0v) is 12.9. The predicted octanol–water partition coefficient (Wildman–Crippen LogP) is 4.56. The SMILES string of the molecule is Cc1cc2ccccc2[cH-]1.[Br][Zr][Br]. The number of hydrogen-bond acceptors (Lipinski definition) is 0. The molecule has 2 aromatic carbocycles. The molecular weight excluding hydrogens is 371 g/mol. The fourth-order valence-corrected chi connectivity index (χ4v) is 1.31. The molecule has 0 bridgehead atoms. The fourth-order valence-electron chi connectivity index (χ4n) is 1.31. The minimum absolute atomic E-state index is 0.145. The van der Waals surface area contributed by atoms with Gasteiger partial charge in [0.1, 0.15) is 0 Å². The Morgan fingerprint density at radius 2 is 1.85 bits per heavy atom. The first kappa shape index (κ1) is 11.7. The molecule has 0 atom stereocenters. The molecule has 0 saturated carbocycles. The molecule has 0 aliphatic heterocycles. The Morgan fingerprint density at radius 3 is 2.46 bits per heavy atom. The summed E-state index contributed by atoms with van der Waals surface area (Å²) in [6.07, 6.45) is 0. The summed E-state index contributed by atoms with van der Waals surface area (Å²) in [4.78, 5) is 0. The third kappa shape index (κ3) is 3.73. The van der Waals surface area contributed by atoms with Crippen LogP contribution in [0.2, 0.25) is 0 Å². The van der Waals surface area contributed by atoms with Gasteiger partial charge in [0.05, 0.1) is 0 Å². The number of benzene rings is 1. The third-order valence-electron chi connectivity index (χ3n) is 1.76. The molecule has 0 aliphatic rings. The van der Waals surface area contributed by atoms with Crippen LogP contribution in [0.25, 0.3) is 10.8 Å². The average molecular weight is 380 g/mol. The summed E-state index contributed by atoms with van der Waals surface area (Å²) in [5.74, 6) is 0. The summed E-state index contributed by atoms with van der Waals surface area (Å²) in [7, 11) is 0. The van der Waals surface area contributed by atoms with Crippen LogP contribution in [0.5, 0.6) is 0 Å². The van der Waals surface area contributed by atoms with E-state index in [-0.39, 0.29) is 18.5 Å². The molecule has 0 aliphatic carbocycles. The van der Waals surface area contributed by atoms with Crippen molar-refractivity contribution in [3.8, 4) is 0 Å². The molecule has 3 heteroatoms. The van der Waals surface area contributed by atoms with Crippen molar-refractivity contribution in [3.63, 3.8) is 0 Å². The van der Waals surface area contributed by atoms with Crippen LogP contribution in [0.4, 0.5) is 0 Å². The normalized spacial score (nSPS) is 9.15. The second-order valence-electron chi connectivity index (χ2n) is 2.73. The van der Waals surface area contributed by atoms with Crippen LogP contribution in [-0.2, 0) is 18.5 Å². The molecule has 0 nitrogen and oxygen atoms in total. The molecule has 0 fully saturated rings. The van der Waals surface area contributed by atoms with E-state index in [1.807, 2.05) is 0 Å². The van der Waals surface area contributed by atoms with Gasteiger partial charge in [-0.2, -0.15) is 6.07 Å². The first-order chi connectivity index (χ1) is 6.27. The van der Waals surface area contributed by atoms with Crippen molar-refractivity contribution in [2.24, 2.45) is 0 Å². The maximum absolute atomic E-state index is 3.23. The van der Waals surface area contributed by atoms with Crippen molar-refractivity contribution in [2.45, 2.75) is 6.92 Å². The fraction of sp³-hybridized carbons (Fsp3) is 0.100. The average Bonchev–Trinajstić information content (AvgIpc) is 2.45. The van der Waals surface area contributed by atoms with Crippen molar-refractivity contribution in [3.05, 3.63) is 42.0 Å². The van der Waals surface area contributed by atoms with E-state index in [0.29, 0.717) is 0 Å². The van der Waals surface area contributed by atoms with E-state index < -0.39 is 0 Å². The molecule has 0 heterocycles. The van der Waals surface area contributed by atoms with Gasteiger partial charge in [-0.05, 0) is 0 Å². The van der Waals surface area contributed by atoms with Crippen LogP contribution in [0.1, 0.15) is 5.56 Å². The van der Waals surface area contributed by atoms with Crippen molar-refractivity contribution in [1.82, 2.24) is 0 Å². The van der Waals surface area contributed by atoms with Crippen molar-refractivity contribution >= 4 is 35.2 Å². The molecule has 0 saturated heterocycles. The summed E-state index contributed by atoms with van der Waals surface area (Å²) in [6, 6.07) is 12.8. The molecule has 0 radical (unpaired) electrons. The van der Waals surface area contributed by atoms with Crippen molar-refractivity contribution in [2.75, 3.05) is 0 Å². The van der Waals surface area contributed by atoms with E-state index in [1.165, 1.54) is 16.3 Å². The topological polar surface area (TPSA) is 0 Å². The molecule has 0 spiro atoms. The van der Waals surface area contributed by atoms with Crippen LogP contribution in [0.15, 0.2) is 36.4 Å². The van der Waals surface area contributed by atoms with Crippen molar-refractivity contribution < 1.29 is 18.5 Å². The summed E-state index contributed by atoms with van der Waals surface area (Å²) in [5, 5.41) is 2.69. The molecular formula is C10H9Br2Zr-. The molecule has 0 N–H and O–H groups in total. The Bertz CT molecular complexity index is 335. The van der Waals surface area contributed by atoms with Crippen LogP contribution < -0.4 is 0 Å². The zero-order valence-electron chi connectivity index (χ0n) is 7.22. The molecule has 0 unspecified atom stereocenters. The van der Waals surface area contributed by atoms with Gasteiger partial charge in [0, 0.05) is 0 Å². The van der Waals surface area contributed by atoms with Gasteiger partial charge in [-0.15, -0.1) is 40.6 Å². The minimum atomic E-state index is -0.145. The molecule has 13 heavy (non-hydrogen) atoms. The van der Waals surface area contributed by atoms with Crippen molar-refractivity contribution in [1.29, 1.82) is 0 Å². The van der Waals surface area contributed by atoms with E-state index in [2.05, 4.69) is 67.8 Å². The quantitative estimate of drug-likeness (QED) is 0.588. The van der Waals surface area contributed by atoms with Gasteiger partial charge >= 0.3 is 43.0 Å². The number of halogens is 2. The monoisotopic (exact) mass is 377 g/mol. The standard InChI is InChI=1S/C10H9.2BrH.Zr/c1-8-6-9-4-2-3-5-10(9)7-8;;;/h2-7H,1H3;2*1H;/q-1;;;+2/p-2. The van der Waals surface area contributed by atoms with E-state index >= 15 is 0 Å². The summed E-state index contributed by atoms with van der Waals surface area (Å²) in [5.41, 5.74) is 1.35. The Hall–Kier alpha value is 0.673. The Kier molecular flexibility index (Phi) is 5.61. The predicted molar refractivity (Wildman–Crippen MR) is 62.1 cm³/mol. The first-order valence-corrected chi connectivity index (χ1v) is 15.1. The van der Waals surface area contributed by atoms with E-state index in [0.717, 1.165) is 0 Å². The van der Waals surface area contributed by atoms with Gasteiger partial charge in [-0.1, -0.05) is 13.0 Å². The van der Waals surface area contributed by atoms with Gasteiger partial charge in [0.2, 0.25) is 0 Å². The van der Waals surface area contributed by atoms with E-state index in [4.69, 9.17) is 0 Å². The van der Waals surface area contributed by atoms with Gasteiger partial charge in [0.25, 0.3) is 0 Å².